The van der Waals surface area contributed by atoms with E-state index < -0.39 is 35.3 Å². The molecule has 6 aliphatic heterocycles. The number of fused-ring (bicyclic) bond motifs is 1. The number of aldehydes is 1. The molecule has 15 heteroatoms. The average molecular weight is 823 g/mol. The molecule has 5 saturated heterocycles. The van der Waals surface area contributed by atoms with Crippen molar-refractivity contribution < 1.29 is 28.4 Å². The SMILES string of the molecule is CN1CCN(CC2(F)CN(c3ccc4c(c3)C(=O)N(C3CCC(=O)NC3=O)C4=O)C2)CC1.N#Cc1ccc(N2CCC3(CCN(c4ccc(C=O)cc4)CC3)C2)cc1Cl. The van der Waals surface area contributed by atoms with Crippen molar-refractivity contribution in [2.45, 2.75) is 43.8 Å². The van der Waals surface area contributed by atoms with E-state index >= 15 is 4.39 Å². The van der Waals surface area contributed by atoms with Crippen LogP contribution in [0.15, 0.2) is 60.7 Å². The predicted molar refractivity (Wildman–Crippen MR) is 222 cm³/mol. The molecule has 3 aromatic carbocycles. The number of anilines is 3. The second kappa shape index (κ2) is 16.4. The number of amides is 4. The highest BCUT2D eigenvalue weighted by molar-refractivity contribution is 6.32. The van der Waals surface area contributed by atoms with E-state index in [0.29, 0.717) is 28.2 Å². The summed E-state index contributed by atoms with van der Waals surface area (Å²) in [4.78, 5) is 72.2. The molecule has 59 heavy (non-hydrogen) atoms. The second-order valence-corrected chi connectivity index (χ2v) is 17.3. The van der Waals surface area contributed by atoms with Crippen molar-refractivity contribution in [3.63, 3.8) is 0 Å². The quantitative estimate of drug-likeness (QED) is 0.268. The molecule has 9 rings (SSSR count). The van der Waals surface area contributed by atoms with Gasteiger partial charge in [0.25, 0.3) is 11.8 Å². The summed E-state index contributed by atoms with van der Waals surface area (Å²) in [5.41, 5.74) is 3.75. The average Bonchev–Trinajstić information content (AvgIpc) is 3.75. The van der Waals surface area contributed by atoms with Gasteiger partial charge in [-0.05, 0) is 98.8 Å². The Bertz CT molecular complexity index is 2190. The predicted octanol–water partition coefficient (Wildman–Crippen LogP) is 4.38. The van der Waals surface area contributed by atoms with Crippen LogP contribution in [0.4, 0.5) is 21.5 Å². The number of nitriles is 1. The number of benzene rings is 3. The van der Waals surface area contributed by atoms with Gasteiger partial charge in [-0.15, -0.1) is 0 Å². The molecule has 6 heterocycles. The lowest BCUT2D eigenvalue weighted by molar-refractivity contribution is -0.136. The fraction of sp³-hybridized carbons (Fsp3) is 0.455. The van der Waals surface area contributed by atoms with Crippen LogP contribution in [-0.4, -0.2) is 135 Å². The van der Waals surface area contributed by atoms with Gasteiger partial charge >= 0.3 is 0 Å². The number of piperazine rings is 1. The number of piperidine rings is 2. The molecule has 1 atom stereocenters. The van der Waals surface area contributed by atoms with Gasteiger partial charge in [0.15, 0.2) is 5.67 Å². The fourth-order valence-electron chi connectivity index (χ4n) is 9.34. The van der Waals surface area contributed by atoms with E-state index in [1.807, 2.05) is 47.4 Å². The number of imide groups is 2. The summed E-state index contributed by atoms with van der Waals surface area (Å²) in [7, 11) is 2.06. The molecule has 0 radical (unpaired) electrons. The molecule has 4 amide bonds. The first-order valence-electron chi connectivity index (χ1n) is 20.3. The number of nitrogens with one attached hydrogen (secondary N) is 1. The first-order chi connectivity index (χ1) is 28.4. The summed E-state index contributed by atoms with van der Waals surface area (Å²) in [5, 5.41) is 11.8. The molecule has 0 bridgehead atoms. The number of likely N-dealkylation sites (N-methyl/N-ethyl adjacent to an activating group) is 1. The van der Waals surface area contributed by atoms with Gasteiger partial charge in [-0.3, -0.25) is 39.1 Å². The second-order valence-electron chi connectivity index (χ2n) is 16.9. The zero-order valence-corrected chi connectivity index (χ0v) is 33.9. The monoisotopic (exact) mass is 822 g/mol. The number of rotatable bonds is 7. The van der Waals surface area contributed by atoms with Gasteiger partial charge in [-0.2, -0.15) is 5.26 Å². The molecule has 1 spiro atoms. The molecule has 6 aliphatic rings. The number of alkyl halides is 1. The molecule has 0 saturated carbocycles. The molecule has 13 nitrogen and oxygen atoms in total. The summed E-state index contributed by atoms with van der Waals surface area (Å²) < 4.78 is 15.2. The normalized spacial score (nSPS) is 22.7. The molecule has 0 aromatic heterocycles. The highest BCUT2D eigenvalue weighted by atomic mass is 35.5. The fourth-order valence-corrected chi connectivity index (χ4v) is 9.56. The zero-order valence-electron chi connectivity index (χ0n) is 33.2. The Balaban J connectivity index is 0.000000167. The highest BCUT2D eigenvalue weighted by Gasteiger charge is 2.48. The number of carbonyl (C=O) groups is 5. The van der Waals surface area contributed by atoms with E-state index in [1.54, 1.807) is 18.2 Å². The van der Waals surface area contributed by atoms with Gasteiger partial charge in [0, 0.05) is 87.9 Å². The minimum absolute atomic E-state index is 0.0781. The third-order valence-corrected chi connectivity index (χ3v) is 13.2. The van der Waals surface area contributed by atoms with Gasteiger partial charge in [0.1, 0.15) is 18.4 Å². The van der Waals surface area contributed by atoms with Crippen molar-refractivity contribution in [1.82, 2.24) is 20.0 Å². The number of hydrogen-bond donors (Lipinski definition) is 1. The van der Waals surface area contributed by atoms with E-state index in [9.17, 15) is 24.0 Å². The third kappa shape index (κ3) is 8.29. The first kappa shape index (κ1) is 40.4. The molecule has 5 fully saturated rings. The number of nitrogens with zero attached hydrogens (tertiary/aromatic N) is 7. The molecule has 308 valence electrons. The highest BCUT2D eigenvalue weighted by Crippen LogP contribution is 2.43. The van der Waals surface area contributed by atoms with Crippen LogP contribution >= 0.6 is 11.6 Å². The van der Waals surface area contributed by atoms with E-state index in [4.69, 9.17) is 16.9 Å². The van der Waals surface area contributed by atoms with Crippen LogP contribution in [0.3, 0.4) is 0 Å². The maximum atomic E-state index is 15.2. The van der Waals surface area contributed by atoms with E-state index in [2.05, 4.69) is 38.0 Å². The molecular weight excluding hydrogens is 775 g/mol. The van der Waals surface area contributed by atoms with Crippen LogP contribution in [0.5, 0.6) is 0 Å². The van der Waals surface area contributed by atoms with Gasteiger partial charge in [0.05, 0.1) is 34.8 Å². The number of carbonyl (C=O) groups excluding carboxylic acids is 5. The van der Waals surface area contributed by atoms with Crippen molar-refractivity contribution >= 4 is 58.6 Å². The van der Waals surface area contributed by atoms with E-state index in [1.165, 1.54) is 24.9 Å². The molecule has 0 aliphatic carbocycles. The Morgan fingerprint density at radius 2 is 1.42 bits per heavy atom. The van der Waals surface area contributed by atoms with Crippen LogP contribution in [0.1, 0.15) is 68.7 Å². The molecular formula is C44H48ClFN8O5. The topological polar surface area (TPSA) is 141 Å². The van der Waals surface area contributed by atoms with Crippen molar-refractivity contribution in [1.29, 1.82) is 5.26 Å². The zero-order chi connectivity index (χ0) is 41.5. The van der Waals surface area contributed by atoms with Crippen LogP contribution in [0, 0.1) is 16.7 Å². The summed E-state index contributed by atoms with van der Waals surface area (Å²) in [6.07, 6.45) is 4.62. The minimum Gasteiger partial charge on any atom is -0.371 e. The summed E-state index contributed by atoms with van der Waals surface area (Å²) >= 11 is 6.22. The van der Waals surface area contributed by atoms with Crippen LogP contribution in [-0.2, 0) is 9.59 Å². The Morgan fingerprint density at radius 1 is 0.797 bits per heavy atom. The molecule has 1 N–H and O–H groups in total. The van der Waals surface area contributed by atoms with Gasteiger partial charge in [0.2, 0.25) is 11.8 Å². The lowest BCUT2D eigenvalue weighted by atomic mass is 9.77. The first-order valence-corrected chi connectivity index (χ1v) is 20.7. The van der Waals surface area contributed by atoms with Gasteiger partial charge in [-0.1, -0.05) is 11.6 Å². The molecule has 3 aromatic rings. The third-order valence-electron chi connectivity index (χ3n) is 12.9. The summed E-state index contributed by atoms with van der Waals surface area (Å²) in [5.74, 6) is -2.13. The Kier molecular flexibility index (Phi) is 11.2. The molecule has 1 unspecified atom stereocenters. The van der Waals surface area contributed by atoms with Crippen LogP contribution in [0.25, 0.3) is 0 Å². The smallest absolute Gasteiger partial charge is 0.262 e. The van der Waals surface area contributed by atoms with Crippen molar-refractivity contribution in [3.05, 3.63) is 87.9 Å². The minimum atomic E-state index is -1.30. The maximum absolute atomic E-state index is 15.2. The van der Waals surface area contributed by atoms with Crippen molar-refractivity contribution in [3.8, 4) is 6.07 Å². The van der Waals surface area contributed by atoms with Crippen molar-refractivity contribution in [2.24, 2.45) is 5.41 Å². The Morgan fingerprint density at radius 3 is 2.07 bits per heavy atom. The largest absolute Gasteiger partial charge is 0.371 e. The van der Waals surface area contributed by atoms with Crippen LogP contribution < -0.4 is 20.0 Å². The van der Waals surface area contributed by atoms with Crippen molar-refractivity contribution in [2.75, 3.05) is 93.7 Å². The van der Waals surface area contributed by atoms with Gasteiger partial charge in [-0.25, -0.2) is 4.39 Å². The lowest BCUT2D eigenvalue weighted by Gasteiger charge is -2.48. The Labute approximate surface area is 348 Å². The van der Waals surface area contributed by atoms with Crippen LogP contribution in [0.2, 0.25) is 5.02 Å². The Hall–Kier alpha value is -5.36. The summed E-state index contributed by atoms with van der Waals surface area (Å²) in [6.45, 7) is 8.61. The van der Waals surface area contributed by atoms with Gasteiger partial charge < -0.3 is 19.6 Å². The maximum Gasteiger partial charge on any atom is 0.262 e. The number of hydrogen-bond acceptors (Lipinski definition) is 11. The summed E-state index contributed by atoms with van der Waals surface area (Å²) in [6, 6.07) is 19.6. The lowest BCUT2D eigenvalue weighted by Crippen LogP contribution is -2.65. The standard InChI is InChI=1S/C22H22ClN3O.C22H26FN5O4/c23-21-13-20(6-3-18(21)14-24)26-12-9-22(16-26)7-10-25(11-8-22)19-4-1-17(15-27)2-5-19;1-25-6-8-26(9-7-25)11-22(23)12-27(13-22)14-2-3-15-16(10-14)21(32)28(20(15)31)17-4-5-18(29)24-19(17)30/h1-6,13,15H,7-12,16H2;2-3,10,17H,4-9,11-13H2,1H3,(H,24,29,30). The van der Waals surface area contributed by atoms with E-state index in [-0.39, 0.29) is 37.1 Å². The van der Waals surface area contributed by atoms with E-state index in [0.717, 1.165) is 74.8 Å². The number of halogens is 2.